The van der Waals surface area contributed by atoms with Gasteiger partial charge in [0.2, 0.25) is 11.9 Å². The standard InChI is InChI=1S/C21H18ClN7O4/c1-26-18-17(19(30)27(2)21(26)31)28(12-14-5-3-4-6-16(14)22)20(24-18)25-23-11-13-7-9-15(10-8-13)29(32)33/h3-11,17H,12H2,1-2H3/p+1/b23-11+. The van der Waals surface area contributed by atoms with Crippen LogP contribution in [0, 0.1) is 10.1 Å². The van der Waals surface area contributed by atoms with Gasteiger partial charge in [-0.05, 0) is 23.8 Å². The van der Waals surface area contributed by atoms with Gasteiger partial charge in [0, 0.05) is 36.8 Å². The summed E-state index contributed by atoms with van der Waals surface area (Å²) >= 11 is 6.33. The quantitative estimate of drug-likeness (QED) is 0.311. The van der Waals surface area contributed by atoms with Crippen LogP contribution in [0.4, 0.5) is 10.5 Å². The van der Waals surface area contributed by atoms with Crippen LogP contribution in [0.15, 0.2) is 58.6 Å². The number of amides is 3. The lowest BCUT2D eigenvalue weighted by Gasteiger charge is -2.31. The molecule has 1 atom stereocenters. The number of halogens is 1. The first-order valence-electron chi connectivity index (χ1n) is 9.82. The van der Waals surface area contributed by atoms with E-state index in [-0.39, 0.29) is 24.0 Å². The molecule has 2 aromatic carbocycles. The highest BCUT2D eigenvalue weighted by atomic mass is 35.5. The molecule has 12 heteroatoms. The van der Waals surface area contributed by atoms with Crippen molar-refractivity contribution in [2.75, 3.05) is 14.1 Å². The van der Waals surface area contributed by atoms with Crippen LogP contribution in [-0.2, 0) is 11.3 Å². The van der Waals surface area contributed by atoms with E-state index in [1.54, 1.807) is 35.9 Å². The lowest BCUT2D eigenvalue weighted by atomic mass is 10.1. The number of hydrogen-bond acceptors (Lipinski definition) is 7. The Bertz CT molecular complexity index is 1240. The van der Waals surface area contributed by atoms with Gasteiger partial charge in [-0.2, -0.15) is 5.43 Å². The Kier molecular flexibility index (Phi) is 5.88. The maximum Gasteiger partial charge on any atom is 0.414 e. The third-order valence-electron chi connectivity index (χ3n) is 5.31. The van der Waals surface area contributed by atoms with Gasteiger partial charge in [0.15, 0.2) is 0 Å². The Hall–Kier alpha value is -4.12. The number of fused-ring (bicyclic) bond motifs is 1. The number of imide groups is 1. The Morgan fingerprint density at radius 3 is 2.55 bits per heavy atom. The summed E-state index contributed by atoms with van der Waals surface area (Å²) in [6.45, 7) is 0.244. The van der Waals surface area contributed by atoms with Gasteiger partial charge < -0.3 is 0 Å². The van der Waals surface area contributed by atoms with E-state index in [9.17, 15) is 19.7 Å². The molecule has 1 saturated heterocycles. The van der Waals surface area contributed by atoms with Gasteiger partial charge >= 0.3 is 12.0 Å². The summed E-state index contributed by atoms with van der Waals surface area (Å²) in [6, 6.07) is 11.8. The number of aliphatic imine (C=N–C) groups is 1. The largest absolute Gasteiger partial charge is 0.414 e. The molecule has 1 unspecified atom stereocenters. The number of hydrazone groups is 1. The number of nitrogens with one attached hydrogen (secondary N) is 1. The highest BCUT2D eigenvalue weighted by Gasteiger charge is 2.51. The number of benzene rings is 2. The highest BCUT2D eigenvalue weighted by molar-refractivity contribution is 6.31. The summed E-state index contributed by atoms with van der Waals surface area (Å²) in [5.41, 5.74) is 4.19. The average Bonchev–Trinajstić information content (AvgIpc) is 3.16. The van der Waals surface area contributed by atoms with E-state index in [1.807, 2.05) is 12.1 Å². The molecule has 33 heavy (non-hydrogen) atoms. The molecule has 3 amide bonds. The number of rotatable bonds is 5. The zero-order chi connectivity index (χ0) is 23.7. The summed E-state index contributed by atoms with van der Waals surface area (Å²) < 4.78 is 1.69. The van der Waals surface area contributed by atoms with E-state index in [4.69, 9.17) is 11.6 Å². The highest BCUT2D eigenvalue weighted by Crippen LogP contribution is 2.23. The fourth-order valence-corrected chi connectivity index (χ4v) is 3.71. The fourth-order valence-electron chi connectivity index (χ4n) is 3.51. The average molecular weight is 469 g/mol. The van der Waals surface area contributed by atoms with Gasteiger partial charge in [0.25, 0.3) is 11.6 Å². The number of non-ortho nitro benzene ring substituents is 1. The van der Waals surface area contributed by atoms with Crippen molar-refractivity contribution in [2.24, 2.45) is 10.1 Å². The third-order valence-corrected chi connectivity index (χ3v) is 5.68. The second kappa shape index (κ2) is 8.79. The molecule has 2 heterocycles. The number of urea groups is 1. The van der Waals surface area contributed by atoms with Crippen molar-refractivity contribution in [3.05, 3.63) is 74.8 Å². The summed E-state index contributed by atoms with van der Waals surface area (Å²) in [6.07, 6.45) is 1.47. The molecule has 1 N–H and O–H groups in total. The van der Waals surface area contributed by atoms with Crippen LogP contribution < -0.4 is 5.43 Å². The van der Waals surface area contributed by atoms with E-state index < -0.39 is 22.9 Å². The SMILES string of the molecule is CN1C(=O)C2C(=NC(N/N=C/c3ccc([N+](=O)[O-])cc3)=[N+]2Cc2ccccc2Cl)N(C)C1=O. The Balaban J connectivity index is 1.66. The van der Waals surface area contributed by atoms with E-state index >= 15 is 0 Å². The first-order chi connectivity index (χ1) is 15.8. The van der Waals surface area contributed by atoms with Crippen molar-refractivity contribution in [3.8, 4) is 0 Å². The van der Waals surface area contributed by atoms with Crippen molar-refractivity contribution in [2.45, 2.75) is 12.6 Å². The smallest absolute Gasteiger partial charge is 0.270 e. The van der Waals surface area contributed by atoms with Crippen molar-refractivity contribution < 1.29 is 19.1 Å². The van der Waals surface area contributed by atoms with Crippen molar-refractivity contribution in [1.82, 2.24) is 15.2 Å². The van der Waals surface area contributed by atoms with Crippen LogP contribution in [0.1, 0.15) is 11.1 Å². The maximum atomic E-state index is 13.0. The first-order valence-corrected chi connectivity index (χ1v) is 10.2. The predicted octanol–water partition coefficient (Wildman–Crippen LogP) is 2.04. The molecule has 11 nitrogen and oxygen atoms in total. The molecule has 0 radical (unpaired) electrons. The minimum Gasteiger partial charge on any atom is -0.270 e. The summed E-state index contributed by atoms with van der Waals surface area (Å²) in [4.78, 5) is 42.5. The molecule has 1 fully saturated rings. The predicted molar refractivity (Wildman–Crippen MR) is 121 cm³/mol. The number of amidine groups is 1. The molecule has 0 spiro atoms. The van der Waals surface area contributed by atoms with Gasteiger partial charge in [-0.1, -0.05) is 34.8 Å². The Morgan fingerprint density at radius 2 is 1.88 bits per heavy atom. The second-order valence-electron chi connectivity index (χ2n) is 7.37. The lowest BCUT2D eigenvalue weighted by molar-refractivity contribution is -0.553. The number of likely N-dealkylation sites (N-methyl/N-ethyl adjacent to an activating group) is 2. The van der Waals surface area contributed by atoms with Gasteiger partial charge in [-0.25, -0.2) is 9.37 Å². The number of carbonyl (C=O) groups excluding carboxylic acids is 2. The fraction of sp³-hybridized carbons (Fsp3) is 0.190. The molecule has 0 bridgehead atoms. The minimum absolute atomic E-state index is 0.0259. The second-order valence-corrected chi connectivity index (χ2v) is 7.78. The molecule has 0 saturated carbocycles. The van der Waals surface area contributed by atoms with E-state index in [2.05, 4.69) is 15.5 Å². The van der Waals surface area contributed by atoms with Gasteiger partial charge in [-0.3, -0.25) is 24.7 Å². The minimum atomic E-state index is -0.828. The number of nitro benzene ring substituents is 1. The summed E-state index contributed by atoms with van der Waals surface area (Å²) in [5.74, 6) is 0.125. The molecular weight excluding hydrogens is 450 g/mol. The zero-order valence-corrected chi connectivity index (χ0v) is 18.4. The summed E-state index contributed by atoms with van der Waals surface area (Å²) in [5, 5.41) is 15.5. The molecule has 2 aromatic rings. The number of hydrogen-bond donors (Lipinski definition) is 1. The van der Waals surface area contributed by atoms with Crippen molar-refractivity contribution in [3.63, 3.8) is 0 Å². The monoisotopic (exact) mass is 468 g/mol. The Morgan fingerprint density at radius 1 is 1.18 bits per heavy atom. The molecular formula is C21H19ClN7O4+. The molecule has 0 aromatic heterocycles. The van der Waals surface area contributed by atoms with Gasteiger partial charge in [-0.15, -0.1) is 5.10 Å². The maximum absolute atomic E-state index is 13.0. The van der Waals surface area contributed by atoms with Gasteiger partial charge in [0.05, 0.1) is 17.7 Å². The topological polar surface area (TPSA) is 124 Å². The van der Waals surface area contributed by atoms with Crippen LogP contribution in [-0.4, -0.2) is 69.4 Å². The van der Waals surface area contributed by atoms with Crippen LogP contribution in [0.25, 0.3) is 0 Å². The molecule has 0 aliphatic carbocycles. The normalized spacial score (nSPS) is 18.2. The van der Waals surface area contributed by atoms with Gasteiger partial charge in [0.1, 0.15) is 0 Å². The lowest BCUT2D eigenvalue weighted by Crippen LogP contribution is -2.61. The first kappa shape index (κ1) is 22.1. The molecule has 4 rings (SSSR count). The van der Waals surface area contributed by atoms with Crippen molar-refractivity contribution in [1.29, 1.82) is 0 Å². The van der Waals surface area contributed by atoms with E-state index in [0.29, 0.717) is 10.6 Å². The summed E-state index contributed by atoms with van der Waals surface area (Å²) in [7, 11) is 2.97. The van der Waals surface area contributed by atoms with E-state index in [1.165, 1.54) is 30.3 Å². The number of nitro groups is 1. The van der Waals surface area contributed by atoms with Crippen LogP contribution >= 0.6 is 11.6 Å². The molecule has 2 aliphatic heterocycles. The number of nitrogens with zero attached hydrogens (tertiary/aromatic N) is 6. The van der Waals surface area contributed by atoms with Crippen LogP contribution in [0.5, 0.6) is 0 Å². The number of guanidine groups is 1. The van der Waals surface area contributed by atoms with Crippen molar-refractivity contribution >= 4 is 47.2 Å². The van der Waals surface area contributed by atoms with E-state index in [0.717, 1.165) is 10.5 Å². The number of carbonyl (C=O) groups is 2. The Labute approximate surface area is 193 Å². The van der Waals surface area contributed by atoms with Crippen LogP contribution in [0.3, 0.4) is 0 Å². The zero-order valence-electron chi connectivity index (χ0n) is 17.7. The van der Waals surface area contributed by atoms with Crippen LogP contribution in [0.2, 0.25) is 5.02 Å². The molecule has 2 aliphatic rings. The molecule has 168 valence electrons. The third kappa shape index (κ3) is 4.17.